The van der Waals surface area contributed by atoms with Crippen LogP contribution in [0.1, 0.15) is 49.4 Å². The normalized spacial score (nSPS) is 23.3. The lowest BCUT2D eigenvalue weighted by Crippen LogP contribution is -2.30. The summed E-state index contributed by atoms with van der Waals surface area (Å²) in [6, 6.07) is 4.81. The molecule has 0 saturated carbocycles. The van der Waals surface area contributed by atoms with Crippen molar-refractivity contribution in [2.75, 3.05) is 20.3 Å². The van der Waals surface area contributed by atoms with Crippen molar-refractivity contribution in [3.05, 3.63) is 28.8 Å². The molecule has 1 heterocycles. The maximum absolute atomic E-state index is 5.80. The fourth-order valence-electron chi connectivity index (χ4n) is 3.28. The smallest absolute Gasteiger partial charge is 0.122 e. The van der Waals surface area contributed by atoms with Crippen molar-refractivity contribution in [1.29, 1.82) is 0 Å². The second-order valence-electron chi connectivity index (χ2n) is 6.25. The van der Waals surface area contributed by atoms with Crippen molar-refractivity contribution < 1.29 is 9.47 Å². The highest BCUT2D eigenvalue weighted by Crippen LogP contribution is 2.35. The van der Waals surface area contributed by atoms with Crippen LogP contribution in [-0.4, -0.2) is 26.4 Å². The Kier molecular flexibility index (Phi) is 5.65. The lowest BCUT2D eigenvalue weighted by molar-refractivity contribution is 0.117. The molecule has 21 heavy (non-hydrogen) atoms. The molecule has 0 amide bonds. The molecule has 118 valence electrons. The van der Waals surface area contributed by atoms with Gasteiger partial charge in [-0.1, -0.05) is 13.0 Å². The molecule has 3 unspecified atom stereocenters. The number of ether oxygens (including phenoxy) is 2. The van der Waals surface area contributed by atoms with E-state index < -0.39 is 0 Å². The molecular weight excluding hydrogens is 262 g/mol. The molecule has 0 bridgehead atoms. The van der Waals surface area contributed by atoms with Crippen LogP contribution in [0.5, 0.6) is 5.75 Å². The maximum atomic E-state index is 5.80. The van der Waals surface area contributed by atoms with Crippen molar-refractivity contribution >= 4 is 0 Å². The van der Waals surface area contributed by atoms with E-state index in [4.69, 9.17) is 9.47 Å². The van der Waals surface area contributed by atoms with Gasteiger partial charge in [-0.3, -0.25) is 0 Å². The van der Waals surface area contributed by atoms with E-state index in [1.807, 2.05) is 0 Å². The van der Waals surface area contributed by atoms with E-state index in [1.165, 1.54) is 16.7 Å². The van der Waals surface area contributed by atoms with Crippen LogP contribution < -0.4 is 10.1 Å². The molecule has 3 atom stereocenters. The minimum absolute atomic E-state index is 0.375. The van der Waals surface area contributed by atoms with Crippen LogP contribution in [0.3, 0.4) is 0 Å². The van der Waals surface area contributed by atoms with E-state index in [-0.39, 0.29) is 0 Å². The average Bonchev–Trinajstić information content (AvgIpc) is 2.89. The van der Waals surface area contributed by atoms with Crippen LogP contribution in [0, 0.1) is 19.8 Å². The third-order valence-corrected chi connectivity index (χ3v) is 4.43. The van der Waals surface area contributed by atoms with E-state index in [9.17, 15) is 0 Å². The third-order valence-electron chi connectivity index (χ3n) is 4.43. The van der Waals surface area contributed by atoms with Crippen molar-refractivity contribution in [2.45, 2.75) is 52.7 Å². The highest BCUT2D eigenvalue weighted by atomic mass is 16.5. The van der Waals surface area contributed by atoms with Crippen molar-refractivity contribution in [1.82, 2.24) is 5.32 Å². The Morgan fingerprint density at radius 2 is 2.10 bits per heavy atom. The van der Waals surface area contributed by atoms with Gasteiger partial charge in [-0.2, -0.15) is 0 Å². The van der Waals surface area contributed by atoms with Crippen molar-refractivity contribution in [2.24, 2.45) is 5.92 Å². The SMILES string of the molecule is CCCNC(c1cc(C)c(OC)cc1C)C1COC(C)C1. The van der Waals surface area contributed by atoms with Gasteiger partial charge >= 0.3 is 0 Å². The lowest BCUT2D eigenvalue weighted by atomic mass is 9.87. The molecule has 0 spiro atoms. The van der Waals surface area contributed by atoms with Crippen LogP contribution in [0.4, 0.5) is 0 Å². The molecule has 0 aliphatic carbocycles. The quantitative estimate of drug-likeness (QED) is 0.865. The van der Waals surface area contributed by atoms with E-state index in [1.54, 1.807) is 7.11 Å². The Balaban J connectivity index is 2.29. The van der Waals surface area contributed by atoms with E-state index >= 15 is 0 Å². The summed E-state index contributed by atoms with van der Waals surface area (Å²) in [6.07, 6.45) is 2.65. The molecule has 2 rings (SSSR count). The number of benzene rings is 1. The van der Waals surface area contributed by atoms with Gasteiger partial charge < -0.3 is 14.8 Å². The largest absolute Gasteiger partial charge is 0.496 e. The van der Waals surface area contributed by atoms with Crippen LogP contribution in [0.25, 0.3) is 0 Å². The lowest BCUT2D eigenvalue weighted by Gasteiger charge is -2.27. The topological polar surface area (TPSA) is 30.5 Å². The molecular formula is C18H29NO2. The molecule has 0 radical (unpaired) electrons. The first-order chi connectivity index (χ1) is 10.1. The van der Waals surface area contributed by atoms with Crippen LogP contribution >= 0.6 is 0 Å². The summed E-state index contributed by atoms with van der Waals surface area (Å²) in [4.78, 5) is 0. The minimum atomic E-state index is 0.375. The predicted molar refractivity (Wildman–Crippen MR) is 87.0 cm³/mol. The van der Waals surface area contributed by atoms with Crippen LogP contribution in [0.15, 0.2) is 12.1 Å². The summed E-state index contributed by atoms with van der Waals surface area (Å²) in [5, 5.41) is 3.73. The van der Waals surface area contributed by atoms with Gasteiger partial charge in [-0.05, 0) is 62.9 Å². The van der Waals surface area contributed by atoms with Gasteiger partial charge in [0.2, 0.25) is 0 Å². The number of rotatable bonds is 6. The molecule has 1 N–H and O–H groups in total. The molecule has 1 fully saturated rings. The fraction of sp³-hybridized carbons (Fsp3) is 0.667. The molecule has 1 aliphatic rings. The number of hydrogen-bond acceptors (Lipinski definition) is 3. The third kappa shape index (κ3) is 3.78. The molecule has 0 aromatic heterocycles. The summed E-state index contributed by atoms with van der Waals surface area (Å²) in [5.74, 6) is 1.53. The molecule has 3 nitrogen and oxygen atoms in total. The predicted octanol–water partition coefficient (Wildman–Crippen LogP) is 3.78. The van der Waals surface area contributed by atoms with Gasteiger partial charge in [0, 0.05) is 12.0 Å². The summed E-state index contributed by atoms with van der Waals surface area (Å²) in [5.41, 5.74) is 3.89. The first kappa shape index (κ1) is 16.3. The number of hydrogen-bond donors (Lipinski definition) is 1. The number of aryl methyl sites for hydroxylation is 2. The molecule has 3 heteroatoms. The van der Waals surface area contributed by atoms with Gasteiger partial charge in [-0.25, -0.2) is 0 Å². The molecule has 1 saturated heterocycles. The molecule has 1 aromatic rings. The van der Waals surface area contributed by atoms with Gasteiger partial charge in [0.05, 0.1) is 19.8 Å². The van der Waals surface area contributed by atoms with E-state index in [0.717, 1.165) is 31.7 Å². The van der Waals surface area contributed by atoms with Crippen LogP contribution in [0.2, 0.25) is 0 Å². The maximum Gasteiger partial charge on any atom is 0.122 e. The standard InChI is InChI=1S/C18H29NO2/c1-6-7-19-18(15-10-14(4)21-11-15)16-8-13(3)17(20-5)9-12(16)2/h8-9,14-15,18-19H,6-7,10-11H2,1-5H3. The van der Waals surface area contributed by atoms with Crippen LogP contribution in [-0.2, 0) is 4.74 Å². The zero-order valence-electron chi connectivity index (χ0n) is 14.0. The van der Waals surface area contributed by atoms with E-state index in [2.05, 4.69) is 45.1 Å². The zero-order valence-corrected chi connectivity index (χ0v) is 14.0. The first-order valence-corrected chi connectivity index (χ1v) is 8.06. The Labute approximate surface area is 129 Å². The second kappa shape index (κ2) is 7.28. The van der Waals surface area contributed by atoms with Crippen molar-refractivity contribution in [3.8, 4) is 5.75 Å². The summed E-state index contributed by atoms with van der Waals surface area (Å²) in [7, 11) is 1.74. The van der Waals surface area contributed by atoms with Gasteiger partial charge in [0.25, 0.3) is 0 Å². The first-order valence-electron chi connectivity index (χ1n) is 8.06. The van der Waals surface area contributed by atoms with Crippen molar-refractivity contribution in [3.63, 3.8) is 0 Å². The number of nitrogens with one attached hydrogen (secondary N) is 1. The highest BCUT2D eigenvalue weighted by molar-refractivity contribution is 5.43. The zero-order chi connectivity index (χ0) is 15.4. The second-order valence-corrected chi connectivity index (χ2v) is 6.25. The highest BCUT2D eigenvalue weighted by Gasteiger charge is 2.31. The summed E-state index contributed by atoms with van der Waals surface area (Å²) in [6.45, 7) is 10.6. The molecule has 1 aliphatic heterocycles. The van der Waals surface area contributed by atoms with Gasteiger partial charge in [0.15, 0.2) is 0 Å². The monoisotopic (exact) mass is 291 g/mol. The molecule has 1 aromatic carbocycles. The Morgan fingerprint density at radius 1 is 1.33 bits per heavy atom. The van der Waals surface area contributed by atoms with Gasteiger partial charge in [0.1, 0.15) is 5.75 Å². The van der Waals surface area contributed by atoms with Gasteiger partial charge in [-0.15, -0.1) is 0 Å². The minimum Gasteiger partial charge on any atom is -0.496 e. The average molecular weight is 291 g/mol. The Morgan fingerprint density at radius 3 is 2.67 bits per heavy atom. The summed E-state index contributed by atoms with van der Waals surface area (Å²) >= 11 is 0. The number of methoxy groups -OCH3 is 1. The summed E-state index contributed by atoms with van der Waals surface area (Å²) < 4.78 is 11.2. The Bertz CT molecular complexity index is 473. The fourth-order valence-corrected chi connectivity index (χ4v) is 3.28. The Hall–Kier alpha value is -1.06. The van der Waals surface area contributed by atoms with E-state index in [0.29, 0.717) is 18.1 Å².